The molecular weight excluding hydrogens is 222 g/mol. The van der Waals surface area contributed by atoms with Crippen LogP contribution in [0.1, 0.15) is 44.2 Å². The maximum absolute atomic E-state index is 5.77. The lowest BCUT2D eigenvalue weighted by molar-refractivity contribution is 0.0538. The topological polar surface area (TPSA) is 42.1 Å². The summed E-state index contributed by atoms with van der Waals surface area (Å²) in [5.41, 5.74) is 6.89. The number of pyridine rings is 1. The molecule has 1 aromatic rings. The van der Waals surface area contributed by atoms with Gasteiger partial charge in [-0.1, -0.05) is 18.9 Å². The predicted molar refractivity (Wildman–Crippen MR) is 74.0 cm³/mol. The summed E-state index contributed by atoms with van der Waals surface area (Å²) in [7, 11) is 0. The number of nitrogens with two attached hydrogens (primary N) is 1. The van der Waals surface area contributed by atoms with E-state index in [4.69, 9.17) is 5.73 Å². The summed E-state index contributed by atoms with van der Waals surface area (Å²) in [6.45, 7) is 2.21. The first kappa shape index (κ1) is 12.0. The molecule has 0 aromatic carbocycles. The maximum Gasteiger partial charge on any atom is 0.123 e. The van der Waals surface area contributed by atoms with Crippen LogP contribution in [0.5, 0.6) is 0 Å². The lowest BCUT2D eigenvalue weighted by atomic mass is 9.78. The highest BCUT2D eigenvalue weighted by atomic mass is 15.2. The molecule has 0 bridgehead atoms. The van der Waals surface area contributed by atoms with Crippen LogP contribution >= 0.6 is 0 Å². The minimum Gasteiger partial charge on any atom is -0.384 e. The molecule has 3 heteroatoms. The Kier molecular flexibility index (Phi) is 3.50. The number of likely N-dealkylation sites (tertiary alicyclic amines) is 1. The highest BCUT2D eigenvalue weighted by molar-refractivity contribution is 5.28. The Hall–Kier alpha value is -1.09. The van der Waals surface area contributed by atoms with E-state index in [1.165, 1.54) is 45.1 Å². The number of piperidine rings is 1. The second-order valence-electron chi connectivity index (χ2n) is 5.78. The molecular formula is C15H23N3. The average molecular weight is 245 g/mol. The Morgan fingerprint density at radius 2 is 2.00 bits per heavy atom. The molecule has 3 nitrogen and oxygen atoms in total. The number of aromatic nitrogens is 1. The van der Waals surface area contributed by atoms with Crippen molar-refractivity contribution in [2.45, 2.75) is 51.1 Å². The van der Waals surface area contributed by atoms with Crippen LogP contribution in [0.4, 0.5) is 5.82 Å². The smallest absolute Gasteiger partial charge is 0.123 e. The van der Waals surface area contributed by atoms with Crippen molar-refractivity contribution in [2.75, 3.05) is 12.3 Å². The zero-order valence-corrected chi connectivity index (χ0v) is 11.0. The first-order chi connectivity index (χ1) is 8.83. The first-order valence-corrected chi connectivity index (χ1v) is 7.28. The number of fused-ring (bicyclic) bond motifs is 1. The van der Waals surface area contributed by atoms with Crippen LogP contribution in [0.2, 0.25) is 0 Å². The van der Waals surface area contributed by atoms with Gasteiger partial charge < -0.3 is 5.73 Å². The Morgan fingerprint density at radius 1 is 1.17 bits per heavy atom. The molecule has 1 aromatic heterocycles. The Bertz CT molecular complexity index is 402. The molecule has 2 aliphatic rings. The number of anilines is 1. The third-order valence-electron chi connectivity index (χ3n) is 4.55. The van der Waals surface area contributed by atoms with E-state index in [0.29, 0.717) is 5.82 Å². The summed E-state index contributed by atoms with van der Waals surface area (Å²) in [6.07, 6.45) is 8.45. The van der Waals surface area contributed by atoms with Crippen molar-refractivity contribution in [2.24, 2.45) is 5.92 Å². The third kappa shape index (κ3) is 2.51. The second-order valence-corrected chi connectivity index (χ2v) is 5.78. The standard InChI is InChI=1S/C15H23N3/c16-15-9-3-7-13(17-15)11-18-10-4-6-12-5-1-2-8-14(12)18/h3,7,9,12,14H,1-2,4-6,8,10-11H2,(H2,16,17)/t12-,14-/m1/s1. The lowest BCUT2D eigenvalue weighted by Crippen LogP contribution is -2.46. The summed E-state index contributed by atoms with van der Waals surface area (Å²) >= 11 is 0. The highest BCUT2D eigenvalue weighted by Gasteiger charge is 2.33. The van der Waals surface area contributed by atoms with Crippen LogP contribution in [-0.2, 0) is 6.54 Å². The third-order valence-corrected chi connectivity index (χ3v) is 4.55. The summed E-state index contributed by atoms with van der Waals surface area (Å²) in [5.74, 6) is 1.58. The quantitative estimate of drug-likeness (QED) is 0.871. The van der Waals surface area contributed by atoms with Crippen LogP contribution in [0, 0.1) is 5.92 Å². The molecule has 2 heterocycles. The van der Waals surface area contributed by atoms with Crippen molar-refractivity contribution in [3.05, 3.63) is 23.9 Å². The van der Waals surface area contributed by atoms with Crippen LogP contribution < -0.4 is 5.73 Å². The minimum atomic E-state index is 0.643. The van der Waals surface area contributed by atoms with Crippen LogP contribution in [0.15, 0.2) is 18.2 Å². The summed E-state index contributed by atoms with van der Waals surface area (Å²) < 4.78 is 0. The van der Waals surface area contributed by atoms with E-state index in [0.717, 1.165) is 24.2 Å². The number of nitrogen functional groups attached to an aromatic ring is 1. The monoisotopic (exact) mass is 245 g/mol. The fourth-order valence-corrected chi connectivity index (χ4v) is 3.72. The van der Waals surface area contributed by atoms with Gasteiger partial charge in [0.2, 0.25) is 0 Å². The van der Waals surface area contributed by atoms with Gasteiger partial charge in [-0.25, -0.2) is 4.98 Å². The van der Waals surface area contributed by atoms with E-state index >= 15 is 0 Å². The van der Waals surface area contributed by atoms with Gasteiger partial charge in [0.05, 0.1) is 5.69 Å². The molecule has 18 heavy (non-hydrogen) atoms. The fourth-order valence-electron chi connectivity index (χ4n) is 3.72. The molecule has 0 radical (unpaired) electrons. The van der Waals surface area contributed by atoms with Crippen molar-refractivity contribution >= 4 is 5.82 Å². The van der Waals surface area contributed by atoms with E-state index < -0.39 is 0 Å². The number of hydrogen-bond acceptors (Lipinski definition) is 3. The molecule has 0 unspecified atom stereocenters. The summed E-state index contributed by atoms with van der Waals surface area (Å²) in [5, 5.41) is 0. The molecule has 1 aliphatic heterocycles. The Morgan fingerprint density at radius 3 is 2.89 bits per heavy atom. The van der Waals surface area contributed by atoms with E-state index in [2.05, 4.69) is 16.0 Å². The van der Waals surface area contributed by atoms with E-state index in [-0.39, 0.29) is 0 Å². The molecule has 1 saturated heterocycles. The summed E-state index contributed by atoms with van der Waals surface area (Å²) in [4.78, 5) is 7.09. The van der Waals surface area contributed by atoms with Crippen LogP contribution in [0.3, 0.4) is 0 Å². The number of nitrogens with zero attached hydrogens (tertiary/aromatic N) is 2. The van der Waals surface area contributed by atoms with E-state index in [9.17, 15) is 0 Å². The van der Waals surface area contributed by atoms with Crippen molar-refractivity contribution in [3.63, 3.8) is 0 Å². The molecule has 1 aliphatic carbocycles. The molecule has 2 N–H and O–H groups in total. The zero-order valence-electron chi connectivity index (χ0n) is 11.0. The van der Waals surface area contributed by atoms with Gasteiger partial charge in [-0.2, -0.15) is 0 Å². The molecule has 0 spiro atoms. The molecule has 3 rings (SSSR count). The lowest BCUT2D eigenvalue weighted by Gasteiger charge is -2.44. The highest BCUT2D eigenvalue weighted by Crippen LogP contribution is 2.35. The van der Waals surface area contributed by atoms with Crippen molar-refractivity contribution in [1.82, 2.24) is 9.88 Å². The number of hydrogen-bond donors (Lipinski definition) is 1. The molecule has 2 atom stereocenters. The normalized spacial score (nSPS) is 28.9. The molecule has 0 amide bonds. The van der Waals surface area contributed by atoms with E-state index in [1.54, 1.807) is 0 Å². The van der Waals surface area contributed by atoms with Crippen molar-refractivity contribution < 1.29 is 0 Å². The predicted octanol–water partition coefficient (Wildman–Crippen LogP) is 2.82. The maximum atomic E-state index is 5.77. The Balaban J connectivity index is 1.71. The van der Waals surface area contributed by atoms with Gasteiger partial charge in [-0.15, -0.1) is 0 Å². The Labute approximate surface area is 109 Å². The van der Waals surface area contributed by atoms with Gasteiger partial charge in [-0.3, -0.25) is 4.90 Å². The largest absolute Gasteiger partial charge is 0.384 e. The van der Waals surface area contributed by atoms with Gasteiger partial charge >= 0.3 is 0 Å². The van der Waals surface area contributed by atoms with Crippen molar-refractivity contribution in [1.29, 1.82) is 0 Å². The molecule has 2 fully saturated rings. The fraction of sp³-hybridized carbons (Fsp3) is 0.667. The van der Waals surface area contributed by atoms with Crippen LogP contribution in [-0.4, -0.2) is 22.5 Å². The van der Waals surface area contributed by atoms with Gasteiger partial charge in [0.1, 0.15) is 5.82 Å². The van der Waals surface area contributed by atoms with E-state index in [1.807, 2.05) is 12.1 Å². The molecule has 98 valence electrons. The first-order valence-electron chi connectivity index (χ1n) is 7.28. The van der Waals surface area contributed by atoms with Gasteiger partial charge in [0.25, 0.3) is 0 Å². The molecule has 1 saturated carbocycles. The van der Waals surface area contributed by atoms with Crippen molar-refractivity contribution in [3.8, 4) is 0 Å². The van der Waals surface area contributed by atoms with Gasteiger partial charge in [0, 0.05) is 12.6 Å². The summed E-state index contributed by atoms with van der Waals surface area (Å²) in [6, 6.07) is 6.78. The second kappa shape index (κ2) is 5.27. The SMILES string of the molecule is Nc1cccc(CN2CCC[C@H]3CCCC[C@H]32)n1. The minimum absolute atomic E-state index is 0.643. The van der Waals surface area contributed by atoms with Gasteiger partial charge in [-0.05, 0) is 50.3 Å². The van der Waals surface area contributed by atoms with Gasteiger partial charge in [0.15, 0.2) is 0 Å². The average Bonchev–Trinajstić information content (AvgIpc) is 2.39. The zero-order chi connectivity index (χ0) is 12.4. The van der Waals surface area contributed by atoms with Crippen LogP contribution in [0.25, 0.3) is 0 Å². The number of rotatable bonds is 2.